The number of imidazole rings is 2. The molecule has 6 heterocycles. The Hall–Kier alpha value is -6.06. The molecule has 0 radical (unpaired) electrons. The molecule has 0 spiro atoms. The number of rotatable bonds is 10. The summed E-state index contributed by atoms with van der Waals surface area (Å²) in [6, 6.07) is 8.21. The van der Waals surface area contributed by atoms with Crippen molar-refractivity contribution in [2.45, 2.75) is 84.0 Å². The molecule has 4 amide bonds. The van der Waals surface area contributed by atoms with Crippen LogP contribution in [0, 0.1) is 11.8 Å². The molecule has 0 aliphatic carbocycles. The van der Waals surface area contributed by atoms with Gasteiger partial charge in [-0.25, -0.2) is 19.6 Å². The molecule has 4 aromatic rings. The molecule has 300 valence electrons. The molecule has 0 unspecified atom stereocenters. The van der Waals surface area contributed by atoms with Crippen molar-refractivity contribution in [3.63, 3.8) is 0 Å². The predicted octanol–water partition coefficient (Wildman–Crippen LogP) is 6.27. The Morgan fingerprint density at radius 2 is 1.40 bits per heavy atom. The van der Waals surface area contributed by atoms with Gasteiger partial charge in [-0.05, 0) is 79.8 Å². The molecule has 4 aliphatic heterocycles. The molecule has 2 fully saturated rings. The summed E-state index contributed by atoms with van der Waals surface area (Å²) in [6.07, 6.45) is 5.70. The minimum atomic E-state index is -1.22. The summed E-state index contributed by atoms with van der Waals surface area (Å²) in [5, 5.41) is 14.4. The van der Waals surface area contributed by atoms with Crippen LogP contribution in [0.3, 0.4) is 0 Å². The van der Waals surface area contributed by atoms with Gasteiger partial charge in [0.1, 0.15) is 23.7 Å². The number of aromatic amines is 2. The van der Waals surface area contributed by atoms with Crippen molar-refractivity contribution in [3.8, 4) is 34.0 Å². The number of H-pyrrole nitrogens is 2. The van der Waals surface area contributed by atoms with Crippen LogP contribution < -0.4 is 20.3 Å². The van der Waals surface area contributed by atoms with Crippen LogP contribution in [0.1, 0.15) is 82.7 Å². The molecular formula is C41H49N9O7. The molecule has 2 saturated heterocycles. The molecule has 4 atom stereocenters. The first-order valence-corrected chi connectivity index (χ1v) is 19.7. The molecule has 8 rings (SSSR count). The fraction of sp³-hybridized carbons (Fsp3) is 0.463. The topological polar surface area (TPSA) is 198 Å². The lowest BCUT2D eigenvalue weighted by atomic mass is 10.0. The van der Waals surface area contributed by atoms with Gasteiger partial charge in [-0.2, -0.15) is 0 Å². The number of ether oxygens (including phenoxy) is 2. The highest BCUT2D eigenvalue weighted by atomic mass is 16.5. The fourth-order valence-corrected chi connectivity index (χ4v) is 8.72. The molecule has 16 heteroatoms. The Morgan fingerprint density at radius 3 is 1.98 bits per heavy atom. The number of amides is 4. The summed E-state index contributed by atoms with van der Waals surface area (Å²) < 4.78 is 11.3. The lowest BCUT2D eigenvalue weighted by Gasteiger charge is -2.30. The van der Waals surface area contributed by atoms with Crippen LogP contribution in [-0.2, 0) is 20.7 Å². The van der Waals surface area contributed by atoms with Crippen LogP contribution in [0.2, 0.25) is 0 Å². The molecule has 0 saturated carbocycles. The molecule has 2 aromatic heterocycles. The second kappa shape index (κ2) is 15.1. The number of carboxylic acid groups (broad SMARTS) is 1. The van der Waals surface area contributed by atoms with E-state index in [0.29, 0.717) is 24.7 Å². The highest BCUT2D eigenvalue weighted by Crippen LogP contribution is 2.53. The Kier molecular flexibility index (Phi) is 10.0. The van der Waals surface area contributed by atoms with E-state index >= 15 is 0 Å². The molecule has 4 aliphatic rings. The van der Waals surface area contributed by atoms with E-state index in [4.69, 9.17) is 19.4 Å². The Balaban J connectivity index is 0.998. The predicted molar refractivity (Wildman–Crippen MR) is 210 cm³/mol. The second-order valence-corrected chi connectivity index (χ2v) is 15.9. The van der Waals surface area contributed by atoms with E-state index in [1.807, 2.05) is 52.1 Å². The quantitative estimate of drug-likeness (QED) is 0.122. The number of carbonyl (C=O) groups is 4. The first kappa shape index (κ1) is 37.8. The smallest absolute Gasteiger partial charge is 0.407 e. The average molecular weight is 780 g/mol. The third kappa shape index (κ3) is 7.01. The van der Waals surface area contributed by atoms with E-state index in [1.165, 1.54) is 7.11 Å². The monoisotopic (exact) mass is 779 g/mol. The Morgan fingerprint density at radius 1 is 0.807 bits per heavy atom. The number of alkyl carbamates (subject to hydrolysis) is 1. The Bertz CT molecular complexity index is 2210. The standard InChI is InChI=1S/C41H49N9O7/c1-21(2)33(46-40(53)54)38(51)49-13-6-8-28(49)36-42-19-26(44-36)23-10-11-31-30(17-23)48-15-12-24-16-25(18-32(57-31)35(24)48)27-20-43-37(45-27)29-9-7-14-50(29)39(52)34(22(3)4)47-41(55)56-5/h10-11,16-22,28-29,33-34,46H,6-9,12-15H2,1-5H3,(H,42,44)(H,43,45)(H,47,55)(H,53,54)/t28-,29-,33-,34-/m0/s1. The van der Waals surface area contributed by atoms with Crippen molar-refractivity contribution < 1.29 is 33.8 Å². The van der Waals surface area contributed by atoms with E-state index < -0.39 is 24.3 Å². The van der Waals surface area contributed by atoms with Gasteiger partial charge < -0.3 is 49.9 Å². The summed E-state index contributed by atoms with van der Waals surface area (Å²) in [7, 11) is 1.29. The maximum atomic E-state index is 13.7. The fourth-order valence-electron chi connectivity index (χ4n) is 8.72. The number of fused-ring (bicyclic) bond motifs is 2. The van der Waals surface area contributed by atoms with Gasteiger partial charge in [-0.15, -0.1) is 0 Å². The number of methoxy groups -OCH3 is 1. The van der Waals surface area contributed by atoms with Gasteiger partial charge in [0.25, 0.3) is 0 Å². The third-order valence-electron chi connectivity index (χ3n) is 11.6. The van der Waals surface area contributed by atoms with Crippen LogP contribution in [0.5, 0.6) is 11.5 Å². The van der Waals surface area contributed by atoms with Crippen LogP contribution >= 0.6 is 0 Å². The van der Waals surface area contributed by atoms with Gasteiger partial charge in [0.05, 0.1) is 54.3 Å². The SMILES string of the molecule is COC(=O)N[C@H](C(=O)N1CCC[C@H]1c1ncc(-c2cc3c4c(c2)Oc2ccc(-c5cnc([C@@H]6CCCN6C(=O)[C@@H](NC(=O)O)C(C)C)[nH]5)cc2N4CC3)[nH]1)C(C)C. The third-order valence-corrected chi connectivity index (χ3v) is 11.6. The normalized spacial score (nSPS) is 19.3. The Labute approximate surface area is 330 Å². The number of hydrogen-bond donors (Lipinski definition) is 5. The van der Waals surface area contributed by atoms with Crippen molar-refractivity contribution in [3.05, 3.63) is 59.9 Å². The highest BCUT2D eigenvalue weighted by Gasteiger charge is 2.39. The van der Waals surface area contributed by atoms with E-state index in [-0.39, 0.29) is 35.7 Å². The lowest BCUT2D eigenvalue weighted by Crippen LogP contribution is -2.51. The van der Waals surface area contributed by atoms with Crippen molar-refractivity contribution in [1.82, 2.24) is 40.4 Å². The number of hydrogen-bond acceptors (Lipinski definition) is 9. The number of nitrogens with one attached hydrogen (secondary N) is 4. The van der Waals surface area contributed by atoms with Gasteiger partial charge in [0, 0.05) is 30.8 Å². The first-order chi connectivity index (χ1) is 27.4. The van der Waals surface area contributed by atoms with Crippen LogP contribution in [0.4, 0.5) is 21.0 Å². The molecule has 57 heavy (non-hydrogen) atoms. The summed E-state index contributed by atoms with van der Waals surface area (Å²) >= 11 is 0. The van der Waals surface area contributed by atoms with Crippen molar-refractivity contribution in [2.75, 3.05) is 31.6 Å². The number of nitrogens with zero attached hydrogens (tertiary/aromatic N) is 5. The van der Waals surface area contributed by atoms with Gasteiger partial charge >= 0.3 is 12.2 Å². The maximum absolute atomic E-state index is 13.7. The van der Waals surface area contributed by atoms with E-state index in [2.05, 4.69) is 37.6 Å². The zero-order valence-electron chi connectivity index (χ0n) is 32.8. The zero-order valence-corrected chi connectivity index (χ0v) is 32.8. The first-order valence-electron chi connectivity index (χ1n) is 19.7. The van der Waals surface area contributed by atoms with Crippen LogP contribution in [-0.4, -0.2) is 97.7 Å². The summed E-state index contributed by atoms with van der Waals surface area (Å²) in [5.74, 6) is 2.16. The minimum Gasteiger partial charge on any atom is -0.465 e. The van der Waals surface area contributed by atoms with Gasteiger partial charge in [-0.3, -0.25) is 9.59 Å². The van der Waals surface area contributed by atoms with Gasteiger partial charge in [0.15, 0.2) is 11.5 Å². The molecule has 0 bridgehead atoms. The van der Waals surface area contributed by atoms with Gasteiger partial charge in [-0.1, -0.05) is 27.7 Å². The summed E-state index contributed by atoms with van der Waals surface area (Å²) in [6.45, 7) is 9.36. The molecule has 5 N–H and O–H groups in total. The number of anilines is 2. The van der Waals surface area contributed by atoms with E-state index in [0.717, 1.165) is 89.6 Å². The van der Waals surface area contributed by atoms with E-state index in [9.17, 15) is 24.3 Å². The largest absolute Gasteiger partial charge is 0.465 e. The second-order valence-electron chi connectivity index (χ2n) is 15.9. The van der Waals surface area contributed by atoms with Crippen molar-refractivity contribution >= 4 is 35.4 Å². The number of carbonyl (C=O) groups excluding carboxylic acids is 3. The molecule has 2 aromatic carbocycles. The van der Waals surface area contributed by atoms with Gasteiger partial charge in [0.2, 0.25) is 11.8 Å². The van der Waals surface area contributed by atoms with Crippen LogP contribution in [0.15, 0.2) is 42.7 Å². The number of benzene rings is 2. The summed E-state index contributed by atoms with van der Waals surface area (Å²) in [5.41, 5.74) is 6.66. The highest BCUT2D eigenvalue weighted by molar-refractivity contribution is 5.88. The van der Waals surface area contributed by atoms with E-state index in [1.54, 1.807) is 16.0 Å². The number of likely N-dealkylation sites (tertiary alicyclic amines) is 2. The summed E-state index contributed by atoms with van der Waals surface area (Å²) in [4.78, 5) is 72.8. The minimum absolute atomic E-state index is 0.121. The molecular weight excluding hydrogens is 731 g/mol. The zero-order chi connectivity index (χ0) is 40.1. The van der Waals surface area contributed by atoms with Crippen LogP contribution in [0.25, 0.3) is 22.5 Å². The maximum Gasteiger partial charge on any atom is 0.407 e. The van der Waals surface area contributed by atoms with Crippen molar-refractivity contribution in [1.29, 1.82) is 0 Å². The average Bonchev–Trinajstić information content (AvgIpc) is 4.04. The van der Waals surface area contributed by atoms with Crippen molar-refractivity contribution in [2.24, 2.45) is 11.8 Å². The lowest BCUT2D eigenvalue weighted by molar-refractivity contribution is -0.136. The number of aromatic nitrogens is 4. The molecule has 16 nitrogen and oxygen atoms in total.